The fourth-order valence-electron chi connectivity index (χ4n) is 2.77. The highest BCUT2D eigenvalue weighted by Crippen LogP contribution is 2.23. The van der Waals surface area contributed by atoms with Crippen LogP contribution in [0.3, 0.4) is 0 Å². The number of amides is 1. The van der Waals surface area contributed by atoms with Crippen molar-refractivity contribution >= 4 is 5.91 Å². The van der Waals surface area contributed by atoms with E-state index in [9.17, 15) is 9.90 Å². The Hall–Kier alpha value is -0.570. The summed E-state index contributed by atoms with van der Waals surface area (Å²) in [4.78, 5) is 11.5. The number of nitrogens with two attached hydrogens (primary N) is 1. The van der Waals surface area contributed by atoms with Crippen molar-refractivity contribution in [2.45, 2.75) is 109 Å². The first-order valence-corrected chi connectivity index (χ1v) is 9.09. The molecule has 0 spiro atoms. The maximum absolute atomic E-state index is 11.5. The molecule has 0 heterocycles. The minimum Gasteiger partial charge on any atom is -0.380 e. The molecule has 1 atom stereocenters. The Bertz CT molecular complexity index is 256. The number of unbranched alkanes of at least 4 members (excludes halogenated alkanes) is 10. The molecule has 0 radical (unpaired) electrons. The Morgan fingerprint density at radius 3 is 1.48 bits per heavy atom. The average Bonchev–Trinajstić information content (AvgIpc) is 2.46. The summed E-state index contributed by atoms with van der Waals surface area (Å²) in [5.41, 5.74) is 4.12. The van der Waals surface area contributed by atoms with Gasteiger partial charge in [0, 0.05) is 0 Å². The van der Waals surface area contributed by atoms with Crippen molar-refractivity contribution in [2.75, 3.05) is 0 Å². The highest BCUT2D eigenvalue weighted by molar-refractivity contribution is 5.83. The summed E-state index contributed by atoms with van der Waals surface area (Å²) in [6.45, 7) is 4.38. The normalized spacial score (nSPS) is 14.0. The predicted molar refractivity (Wildman–Crippen MR) is 90.1 cm³/mol. The van der Waals surface area contributed by atoms with Crippen LogP contribution in [0.2, 0.25) is 0 Å². The highest BCUT2D eigenvalue weighted by Gasteiger charge is 2.32. The van der Waals surface area contributed by atoms with Gasteiger partial charge in [-0.2, -0.15) is 0 Å². The summed E-state index contributed by atoms with van der Waals surface area (Å²) in [5, 5.41) is 10.4. The Morgan fingerprint density at radius 1 is 0.762 bits per heavy atom. The van der Waals surface area contributed by atoms with Crippen molar-refractivity contribution in [3.63, 3.8) is 0 Å². The van der Waals surface area contributed by atoms with E-state index in [4.69, 9.17) is 5.73 Å². The molecule has 21 heavy (non-hydrogen) atoms. The highest BCUT2D eigenvalue weighted by atomic mass is 16.3. The van der Waals surface area contributed by atoms with Crippen molar-refractivity contribution in [2.24, 2.45) is 5.73 Å². The zero-order valence-corrected chi connectivity index (χ0v) is 14.3. The lowest BCUT2D eigenvalue weighted by molar-refractivity contribution is -0.138. The van der Waals surface area contributed by atoms with Gasteiger partial charge in [-0.05, 0) is 12.8 Å². The molecule has 0 bridgehead atoms. The molecule has 0 saturated carbocycles. The van der Waals surface area contributed by atoms with E-state index in [1.54, 1.807) is 0 Å². The van der Waals surface area contributed by atoms with Gasteiger partial charge in [-0.1, -0.05) is 90.9 Å². The Labute approximate surface area is 131 Å². The van der Waals surface area contributed by atoms with E-state index >= 15 is 0 Å². The van der Waals surface area contributed by atoms with Gasteiger partial charge in [-0.15, -0.1) is 0 Å². The second-order valence-electron chi connectivity index (χ2n) is 6.43. The van der Waals surface area contributed by atoms with Gasteiger partial charge in [0.1, 0.15) is 5.60 Å². The third-order valence-electron chi connectivity index (χ3n) is 4.35. The van der Waals surface area contributed by atoms with Crippen LogP contribution in [0.1, 0.15) is 104 Å². The summed E-state index contributed by atoms with van der Waals surface area (Å²) in [7, 11) is 0. The Balaban J connectivity index is 3.75. The topological polar surface area (TPSA) is 63.3 Å². The molecule has 0 saturated heterocycles. The minimum absolute atomic E-state index is 0.527. The number of rotatable bonds is 15. The smallest absolute Gasteiger partial charge is 0.249 e. The molecule has 0 fully saturated rings. The number of hydrogen-bond acceptors (Lipinski definition) is 2. The predicted octanol–water partition coefficient (Wildman–Crippen LogP) is 4.70. The molecule has 0 rings (SSSR count). The second-order valence-corrected chi connectivity index (χ2v) is 6.43. The molecule has 0 aliphatic rings. The molecule has 0 aromatic heterocycles. The van der Waals surface area contributed by atoms with Crippen molar-refractivity contribution in [3.8, 4) is 0 Å². The molecule has 1 unspecified atom stereocenters. The lowest BCUT2D eigenvalue weighted by atomic mass is 9.89. The third kappa shape index (κ3) is 10.8. The van der Waals surface area contributed by atoms with Crippen molar-refractivity contribution in [1.29, 1.82) is 0 Å². The largest absolute Gasteiger partial charge is 0.380 e. The van der Waals surface area contributed by atoms with E-state index in [0.29, 0.717) is 12.8 Å². The van der Waals surface area contributed by atoms with Gasteiger partial charge >= 0.3 is 0 Å². The Morgan fingerprint density at radius 2 is 1.10 bits per heavy atom. The summed E-state index contributed by atoms with van der Waals surface area (Å²) in [6.07, 6.45) is 15.1. The molecule has 1 amide bonds. The average molecular weight is 299 g/mol. The SMILES string of the molecule is CCCCCCCCCCC(O)(CCCCCC)C(N)=O. The third-order valence-corrected chi connectivity index (χ3v) is 4.35. The summed E-state index contributed by atoms with van der Waals surface area (Å²) in [5.74, 6) is -0.540. The minimum atomic E-state index is -1.27. The molecule has 3 heteroatoms. The Kier molecular flexibility index (Phi) is 12.8. The van der Waals surface area contributed by atoms with E-state index < -0.39 is 11.5 Å². The first-order valence-electron chi connectivity index (χ1n) is 9.09. The zero-order chi connectivity index (χ0) is 16.0. The number of hydrogen-bond donors (Lipinski definition) is 2. The molecular formula is C18H37NO2. The van der Waals surface area contributed by atoms with Gasteiger partial charge in [-0.3, -0.25) is 4.79 Å². The van der Waals surface area contributed by atoms with Crippen LogP contribution >= 0.6 is 0 Å². The fraction of sp³-hybridized carbons (Fsp3) is 0.944. The molecule has 0 aromatic carbocycles. The van der Waals surface area contributed by atoms with Crippen LogP contribution in [0, 0.1) is 0 Å². The summed E-state index contributed by atoms with van der Waals surface area (Å²) >= 11 is 0. The quantitative estimate of drug-likeness (QED) is 0.430. The number of aliphatic hydroxyl groups is 1. The molecule has 3 N–H and O–H groups in total. The van der Waals surface area contributed by atoms with Crippen molar-refractivity contribution in [1.82, 2.24) is 0 Å². The van der Waals surface area contributed by atoms with Crippen LogP contribution in [-0.4, -0.2) is 16.6 Å². The molecular weight excluding hydrogens is 262 g/mol. The lowest BCUT2D eigenvalue weighted by Crippen LogP contribution is -2.43. The van der Waals surface area contributed by atoms with E-state index in [2.05, 4.69) is 13.8 Å². The van der Waals surface area contributed by atoms with E-state index in [0.717, 1.165) is 38.5 Å². The van der Waals surface area contributed by atoms with E-state index in [1.165, 1.54) is 38.5 Å². The van der Waals surface area contributed by atoms with E-state index in [1.807, 2.05) is 0 Å². The first-order chi connectivity index (χ1) is 10.1. The van der Waals surface area contributed by atoms with Gasteiger partial charge < -0.3 is 10.8 Å². The lowest BCUT2D eigenvalue weighted by Gasteiger charge is -2.24. The standard InChI is InChI=1S/C18H37NO2/c1-3-5-7-9-10-11-12-14-16-18(21,17(19)20)15-13-8-6-4-2/h21H,3-16H2,1-2H3,(H2,19,20). The maximum Gasteiger partial charge on any atom is 0.249 e. The molecule has 0 aliphatic heterocycles. The van der Waals surface area contributed by atoms with Crippen LogP contribution in [0.4, 0.5) is 0 Å². The van der Waals surface area contributed by atoms with Gasteiger partial charge in [0.05, 0.1) is 0 Å². The van der Waals surface area contributed by atoms with Crippen LogP contribution in [0.5, 0.6) is 0 Å². The van der Waals surface area contributed by atoms with E-state index in [-0.39, 0.29) is 0 Å². The van der Waals surface area contributed by atoms with Gasteiger partial charge in [-0.25, -0.2) is 0 Å². The van der Waals surface area contributed by atoms with Gasteiger partial charge in [0.15, 0.2) is 0 Å². The molecule has 0 aromatic rings. The summed E-state index contributed by atoms with van der Waals surface area (Å²) < 4.78 is 0. The van der Waals surface area contributed by atoms with Crippen LogP contribution < -0.4 is 5.73 Å². The number of carbonyl (C=O) groups excluding carboxylic acids is 1. The molecule has 126 valence electrons. The maximum atomic E-state index is 11.5. The number of carbonyl (C=O) groups is 1. The van der Waals surface area contributed by atoms with Crippen LogP contribution in [0.15, 0.2) is 0 Å². The first kappa shape index (κ1) is 20.4. The monoisotopic (exact) mass is 299 g/mol. The van der Waals surface area contributed by atoms with Crippen molar-refractivity contribution in [3.05, 3.63) is 0 Å². The molecule has 0 aliphatic carbocycles. The zero-order valence-electron chi connectivity index (χ0n) is 14.3. The summed E-state index contributed by atoms with van der Waals surface area (Å²) in [6, 6.07) is 0. The van der Waals surface area contributed by atoms with Crippen LogP contribution in [0.25, 0.3) is 0 Å². The number of primary amides is 1. The van der Waals surface area contributed by atoms with Gasteiger partial charge in [0.25, 0.3) is 0 Å². The van der Waals surface area contributed by atoms with Crippen molar-refractivity contribution < 1.29 is 9.90 Å². The second kappa shape index (κ2) is 13.1. The fourth-order valence-corrected chi connectivity index (χ4v) is 2.77. The van der Waals surface area contributed by atoms with Gasteiger partial charge in [0.2, 0.25) is 5.91 Å². The molecule has 3 nitrogen and oxygen atoms in total. The van der Waals surface area contributed by atoms with Crippen LogP contribution in [-0.2, 0) is 4.79 Å².